The van der Waals surface area contributed by atoms with Crippen LogP contribution in [0.5, 0.6) is 5.75 Å². The minimum Gasteiger partial charge on any atom is -0.485 e. The molecule has 4 rings (SSSR count). The Morgan fingerprint density at radius 3 is 2.88 bits per heavy atom. The van der Waals surface area contributed by atoms with Gasteiger partial charge in [0.05, 0.1) is 18.7 Å². The summed E-state index contributed by atoms with van der Waals surface area (Å²) in [5.74, 6) is 0.251. The molecule has 3 amide bonds. The summed E-state index contributed by atoms with van der Waals surface area (Å²) < 4.78 is 6.25. The van der Waals surface area contributed by atoms with Crippen molar-refractivity contribution < 1.29 is 19.1 Å². The predicted octanol–water partition coefficient (Wildman–Crippen LogP) is 0.839. The second-order valence-corrected chi connectivity index (χ2v) is 7.37. The quantitative estimate of drug-likeness (QED) is 0.839. The highest BCUT2D eigenvalue weighted by atomic mass is 16.5. The molecule has 1 aliphatic carbocycles. The number of hydrogen-bond acceptors (Lipinski definition) is 4. The number of benzene rings is 1. The first-order chi connectivity index (χ1) is 12.5. The normalized spacial score (nSPS) is 25.6. The van der Waals surface area contributed by atoms with Crippen LogP contribution in [0.2, 0.25) is 0 Å². The standard InChI is InChI=1S/C19H23N3O4/c23-16(21-13-5-6-13)11-22-10-9-19(8-7-17(22)24)12-20-18(25)14-3-1-2-4-15(14)26-19/h1-4,13H,5-12H2,(H,20,25)(H,21,23)/t19-/m0/s1. The first kappa shape index (κ1) is 16.9. The minimum absolute atomic E-state index is 0.0414. The molecule has 2 N–H and O–H groups in total. The molecule has 7 heteroatoms. The molecule has 3 aliphatic rings. The predicted molar refractivity (Wildman–Crippen MR) is 93.7 cm³/mol. The van der Waals surface area contributed by atoms with Gasteiger partial charge < -0.3 is 20.3 Å². The Labute approximate surface area is 152 Å². The van der Waals surface area contributed by atoms with Gasteiger partial charge in [0.2, 0.25) is 11.8 Å². The fourth-order valence-electron chi connectivity index (χ4n) is 3.55. The summed E-state index contributed by atoms with van der Waals surface area (Å²) in [6, 6.07) is 7.45. The molecule has 2 fully saturated rings. The highest BCUT2D eigenvalue weighted by Crippen LogP contribution is 2.33. The van der Waals surface area contributed by atoms with Crippen LogP contribution in [0.3, 0.4) is 0 Å². The Balaban J connectivity index is 1.47. The molecule has 1 atom stereocenters. The minimum atomic E-state index is -0.625. The molecule has 1 spiro atoms. The molecular formula is C19H23N3O4. The van der Waals surface area contributed by atoms with Crippen LogP contribution in [0.15, 0.2) is 24.3 Å². The maximum absolute atomic E-state index is 12.5. The summed E-state index contributed by atoms with van der Waals surface area (Å²) in [6.45, 7) is 0.888. The van der Waals surface area contributed by atoms with Crippen LogP contribution in [-0.4, -0.2) is 53.9 Å². The molecule has 0 bridgehead atoms. The zero-order valence-electron chi connectivity index (χ0n) is 14.6. The van der Waals surface area contributed by atoms with Gasteiger partial charge in [0.1, 0.15) is 11.4 Å². The van der Waals surface area contributed by atoms with E-state index in [4.69, 9.17) is 4.74 Å². The van der Waals surface area contributed by atoms with Crippen molar-refractivity contribution in [2.45, 2.75) is 43.7 Å². The van der Waals surface area contributed by atoms with Crippen molar-refractivity contribution >= 4 is 17.7 Å². The van der Waals surface area contributed by atoms with E-state index < -0.39 is 5.60 Å². The van der Waals surface area contributed by atoms with Gasteiger partial charge in [-0.1, -0.05) is 12.1 Å². The van der Waals surface area contributed by atoms with Crippen molar-refractivity contribution in [3.8, 4) is 5.75 Å². The van der Waals surface area contributed by atoms with Crippen LogP contribution in [0.4, 0.5) is 0 Å². The van der Waals surface area contributed by atoms with Gasteiger partial charge in [0.15, 0.2) is 0 Å². The van der Waals surface area contributed by atoms with Crippen LogP contribution in [0.1, 0.15) is 42.5 Å². The Bertz CT molecular complexity index is 746. The van der Waals surface area contributed by atoms with Crippen molar-refractivity contribution in [1.29, 1.82) is 0 Å². The number of hydrogen-bond donors (Lipinski definition) is 2. The molecule has 1 saturated carbocycles. The zero-order chi connectivity index (χ0) is 18.1. The summed E-state index contributed by atoms with van der Waals surface area (Å²) in [5, 5.41) is 5.84. The van der Waals surface area contributed by atoms with Gasteiger partial charge >= 0.3 is 0 Å². The van der Waals surface area contributed by atoms with Crippen molar-refractivity contribution in [2.75, 3.05) is 19.6 Å². The van der Waals surface area contributed by atoms with E-state index in [0.717, 1.165) is 12.8 Å². The molecule has 1 aromatic carbocycles. The van der Waals surface area contributed by atoms with E-state index in [9.17, 15) is 14.4 Å². The van der Waals surface area contributed by atoms with Gasteiger partial charge in [0, 0.05) is 25.4 Å². The third kappa shape index (κ3) is 3.52. The number of carbonyl (C=O) groups is 3. The van der Waals surface area contributed by atoms with Gasteiger partial charge in [0.25, 0.3) is 5.91 Å². The molecule has 1 saturated heterocycles. The summed E-state index contributed by atoms with van der Waals surface area (Å²) in [5.41, 5.74) is -0.111. The second kappa shape index (κ2) is 6.63. The van der Waals surface area contributed by atoms with E-state index in [2.05, 4.69) is 10.6 Å². The summed E-state index contributed by atoms with van der Waals surface area (Å²) in [4.78, 5) is 38.4. The van der Waals surface area contributed by atoms with Crippen molar-refractivity contribution in [3.05, 3.63) is 29.8 Å². The largest absolute Gasteiger partial charge is 0.485 e. The van der Waals surface area contributed by atoms with E-state index in [1.807, 2.05) is 6.07 Å². The summed E-state index contributed by atoms with van der Waals surface area (Å²) >= 11 is 0. The van der Waals surface area contributed by atoms with Crippen LogP contribution in [0.25, 0.3) is 0 Å². The molecule has 26 heavy (non-hydrogen) atoms. The lowest BCUT2D eigenvalue weighted by Gasteiger charge is -2.32. The number of carbonyl (C=O) groups excluding carboxylic acids is 3. The van der Waals surface area contributed by atoms with Crippen LogP contribution in [0, 0.1) is 0 Å². The average molecular weight is 357 g/mol. The van der Waals surface area contributed by atoms with Gasteiger partial charge in [-0.3, -0.25) is 14.4 Å². The zero-order valence-corrected chi connectivity index (χ0v) is 14.6. The highest BCUT2D eigenvalue weighted by molar-refractivity contribution is 5.97. The fraction of sp³-hybridized carbons (Fsp3) is 0.526. The molecule has 2 aliphatic heterocycles. The lowest BCUT2D eigenvalue weighted by Crippen LogP contribution is -2.46. The average Bonchev–Trinajstić information content (AvgIpc) is 3.46. The Morgan fingerprint density at radius 1 is 1.27 bits per heavy atom. The van der Waals surface area contributed by atoms with Gasteiger partial charge in [-0.25, -0.2) is 0 Å². The van der Waals surface area contributed by atoms with Gasteiger partial charge in [-0.05, 0) is 31.4 Å². The SMILES string of the molecule is O=C(CN1CC[C@@]2(CCC1=O)CNC(=O)c1ccccc1O2)NC1CC1. The topological polar surface area (TPSA) is 87.7 Å². The summed E-state index contributed by atoms with van der Waals surface area (Å²) in [7, 11) is 0. The maximum Gasteiger partial charge on any atom is 0.255 e. The molecule has 0 unspecified atom stereocenters. The molecule has 0 aromatic heterocycles. The first-order valence-corrected chi connectivity index (χ1v) is 9.18. The number of nitrogens with zero attached hydrogens (tertiary/aromatic N) is 1. The second-order valence-electron chi connectivity index (χ2n) is 7.37. The Hall–Kier alpha value is -2.57. The van der Waals surface area contributed by atoms with E-state index in [-0.39, 0.29) is 30.3 Å². The summed E-state index contributed by atoms with van der Waals surface area (Å²) in [6.07, 6.45) is 3.44. The third-order valence-corrected chi connectivity index (χ3v) is 5.29. The smallest absolute Gasteiger partial charge is 0.255 e. The molecular weight excluding hydrogens is 334 g/mol. The highest BCUT2D eigenvalue weighted by Gasteiger charge is 2.40. The number of likely N-dealkylation sites (tertiary alicyclic amines) is 1. The van der Waals surface area contributed by atoms with E-state index in [1.54, 1.807) is 23.1 Å². The van der Waals surface area contributed by atoms with Crippen LogP contribution < -0.4 is 15.4 Å². The molecule has 138 valence electrons. The monoisotopic (exact) mass is 357 g/mol. The van der Waals surface area contributed by atoms with E-state index >= 15 is 0 Å². The lowest BCUT2D eigenvalue weighted by atomic mass is 9.94. The maximum atomic E-state index is 12.5. The molecule has 0 radical (unpaired) electrons. The van der Waals surface area contributed by atoms with Crippen LogP contribution >= 0.6 is 0 Å². The number of para-hydroxylation sites is 1. The van der Waals surface area contributed by atoms with Gasteiger partial charge in [-0.2, -0.15) is 0 Å². The number of fused-ring (bicyclic) bond motifs is 1. The lowest BCUT2D eigenvalue weighted by molar-refractivity contribution is -0.135. The molecule has 1 aromatic rings. The van der Waals surface area contributed by atoms with Crippen molar-refractivity contribution in [3.63, 3.8) is 0 Å². The number of nitrogens with one attached hydrogen (secondary N) is 2. The fourth-order valence-corrected chi connectivity index (χ4v) is 3.55. The molecule has 7 nitrogen and oxygen atoms in total. The van der Waals surface area contributed by atoms with Gasteiger partial charge in [-0.15, -0.1) is 0 Å². The third-order valence-electron chi connectivity index (χ3n) is 5.29. The number of amides is 3. The number of rotatable bonds is 3. The first-order valence-electron chi connectivity index (χ1n) is 9.18. The van der Waals surface area contributed by atoms with Crippen molar-refractivity contribution in [1.82, 2.24) is 15.5 Å². The Morgan fingerprint density at radius 2 is 2.08 bits per heavy atom. The van der Waals surface area contributed by atoms with Crippen molar-refractivity contribution in [2.24, 2.45) is 0 Å². The van der Waals surface area contributed by atoms with Crippen LogP contribution in [-0.2, 0) is 9.59 Å². The molecule has 2 heterocycles. The van der Waals surface area contributed by atoms with E-state index in [0.29, 0.717) is 43.7 Å². The van der Waals surface area contributed by atoms with E-state index in [1.165, 1.54) is 0 Å². The number of ether oxygens (including phenoxy) is 1. The Kier molecular flexibility index (Phi) is 4.30.